The first kappa shape index (κ1) is 15.3. The normalized spacial score (nSPS) is 11.8. The van der Waals surface area contributed by atoms with E-state index in [1.54, 1.807) is 12.3 Å². The van der Waals surface area contributed by atoms with E-state index < -0.39 is 11.7 Å². The van der Waals surface area contributed by atoms with Crippen LogP contribution in [0.5, 0.6) is 0 Å². The highest BCUT2D eigenvalue weighted by atomic mass is 19.4. The number of hydrogen-bond acceptors (Lipinski definition) is 5. The van der Waals surface area contributed by atoms with Crippen molar-refractivity contribution in [3.8, 4) is 11.4 Å². The number of rotatable bonds is 3. The standard InChI is InChI=1S/C15H11F3N4O/c1-23-8-12-20-7-9-4-5-11(21-14(9)22-12)13-10(15(16,17)18)3-2-6-19-13/h2-7H,8H2,1H3. The Morgan fingerprint density at radius 1 is 1.09 bits per heavy atom. The van der Waals surface area contributed by atoms with E-state index in [2.05, 4.69) is 19.9 Å². The molecule has 0 radical (unpaired) electrons. The molecule has 0 amide bonds. The lowest BCUT2D eigenvalue weighted by molar-refractivity contribution is -0.137. The number of halogens is 3. The first-order valence-corrected chi connectivity index (χ1v) is 6.63. The number of alkyl halides is 3. The number of fused-ring (bicyclic) bond motifs is 1. The fourth-order valence-corrected chi connectivity index (χ4v) is 2.11. The van der Waals surface area contributed by atoms with Gasteiger partial charge in [-0.2, -0.15) is 13.2 Å². The maximum atomic E-state index is 13.1. The molecule has 0 aliphatic heterocycles. The summed E-state index contributed by atoms with van der Waals surface area (Å²) in [5, 5.41) is 0.623. The molecule has 0 saturated heterocycles. The van der Waals surface area contributed by atoms with Crippen LogP contribution in [-0.2, 0) is 17.5 Å². The highest BCUT2D eigenvalue weighted by Gasteiger charge is 2.34. The molecule has 0 unspecified atom stereocenters. The van der Waals surface area contributed by atoms with Gasteiger partial charge in [-0.1, -0.05) is 0 Å². The van der Waals surface area contributed by atoms with Gasteiger partial charge in [-0.25, -0.2) is 15.0 Å². The van der Waals surface area contributed by atoms with Crippen molar-refractivity contribution in [3.05, 3.63) is 48.0 Å². The van der Waals surface area contributed by atoms with E-state index in [1.807, 2.05) is 0 Å². The molecule has 3 heterocycles. The molecule has 0 bridgehead atoms. The van der Waals surface area contributed by atoms with Crippen molar-refractivity contribution in [2.45, 2.75) is 12.8 Å². The predicted octanol–water partition coefficient (Wildman–Crippen LogP) is 3.25. The Hall–Kier alpha value is -2.61. The maximum Gasteiger partial charge on any atom is 0.418 e. The summed E-state index contributed by atoms with van der Waals surface area (Å²) in [6.07, 6.45) is -1.66. The third kappa shape index (κ3) is 3.11. The molecule has 0 spiro atoms. The van der Waals surface area contributed by atoms with Crippen LogP contribution in [0.4, 0.5) is 13.2 Å². The van der Waals surface area contributed by atoms with Crippen LogP contribution in [0.3, 0.4) is 0 Å². The van der Waals surface area contributed by atoms with Gasteiger partial charge in [0.15, 0.2) is 11.5 Å². The lowest BCUT2D eigenvalue weighted by Gasteiger charge is -2.11. The van der Waals surface area contributed by atoms with Gasteiger partial charge in [-0.15, -0.1) is 0 Å². The smallest absolute Gasteiger partial charge is 0.377 e. The van der Waals surface area contributed by atoms with Crippen molar-refractivity contribution in [2.24, 2.45) is 0 Å². The maximum absolute atomic E-state index is 13.1. The Labute approximate surface area is 129 Å². The van der Waals surface area contributed by atoms with Gasteiger partial charge < -0.3 is 4.74 Å². The van der Waals surface area contributed by atoms with Crippen molar-refractivity contribution in [1.29, 1.82) is 0 Å². The molecular weight excluding hydrogens is 309 g/mol. The van der Waals surface area contributed by atoms with Crippen LogP contribution in [-0.4, -0.2) is 27.0 Å². The fourth-order valence-electron chi connectivity index (χ4n) is 2.11. The summed E-state index contributed by atoms with van der Waals surface area (Å²) in [5.74, 6) is 0.404. The summed E-state index contributed by atoms with van der Waals surface area (Å²) in [5.41, 5.74) is -0.664. The SMILES string of the molecule is COCc1ncc2ccc(-c3ncccc3C(F)(F)F)nc2n1. The van der Waals surface area contributed by atoms with Gasteiger partial charge in [0.25, 0.3) is 0 Å². The Bertz CT molecular complexity index is 851. The lowest BCUT2D eigenvalue weighted by atomic mass is 10.1. The molecule has 0 aliphatic carbocycles. The van der Waals surface area contributed by atoms with Crippen molar-refractivity contribution in [3.63, 3.8) is 0 Å². The third-order valence-corrected chi connectivity index (χ3v) is 3.12. The summed E-state index contributed by atoms with van der Waals surface area (Å²) in [4.78, 5) is 16.3. The van der Waals surface area contributed by atoms with Gasteiger partial charge in [-0.05, 0) is 24.3 Å². The number of ether oxygens (including phenoxy) is 1. The Kier molecular flexibility index (Phi) is 3.91. The summed E-state index contributed by atoms with van der Waals surface area (Å²) in [7, 11) is 1.50. The average molecular weight is 320 g/mol. The quantitative estimate of drug-likeness (QED) is 0.741. The summed E-state index contributed by atoms with van der Waals surface area (Å²) in [6.45, 7) is 0.194. The zero-order chi connectivity index (χ0) is 16.4. The van der Waals surface area contributed by atoms with Crippen LogP contribution in [0.2, 0.25) is 0 Å². The number of aromatic nitrogens is 4. The Balaban J connectivity index is 2.14. The molecule has 23 heavy (non-hydrogen) atoms. The minimum Gasteiger partial charge on any atom is -0.377 e. The molecule has 0 aromatic carbocycles. The van der Waals surface area contributed by atoms with Crippen LogP contribution >= 0.6 is 0 Å². The molecule has 8 heteroatoms. The van der Waals surface area contributed by atoms with Crippen LogP contribution in [0.25, 0.3) is 22.4 Å². The largest absolute Gasteiger partial charge is 0.418 e. The zero-order valence-corrected chi connectivity index (χ0v) is 12.0. The Morgan fingerprint density at radius 2 is 1.91 bits per heavy atom. The van der Waals surface area contributed by atoms with Gasteiger partial charge in [0.05, 0.1) is 11.3 Å². The highest BCUT2D eigenvalue weighted by Crippen LogP contribution is 2.35. The van der Waals surface area contributed by atoms with E-state index in [0.717, 1.165) is 6.07 Å². The molecular formula is C15H11F3N4O. The number of hydrogen-bond donors (Lipinski definition) is 0. The topological polar surface area (TPSA) is 60.8 Å². The molecule has 0 N–H and O–H groups in total. The van der Waals surface area contributed by atoms with Crippen molar-refractivity contribution in [2.75, 3.05) is 7.11 Å². The summed E-state index contributed by atoms with van der Waals surface area (Å²) < 4.78 is 44.2. The molecule has 0 saturated carbocycles. The van der Waals surface area contributed by atoms with Gasteiger partial charge in [0.2, 0.25) is 0 Å². The molecule has 0 fully saturated rings. The Morgan fingerprint density at radius 3 is 2.65 bits per heavy atom. The lowest BCUT2D eigenvalue weighted by Crippen LogP contribution is -2.09. The number of nitrogens with zero attached hydrogens (tertiary/aromatic N) is 4. The molecule has 5 nitrogen and oxygen atoms in total. The van der Waals surface area contributed by atoms with E-state index >= 15 is 0 Å². The zero-order valence-electron chi connectivity index (χ0n) is 12.0. The average Bonchev–Trinajstić information content (AvgIpc) is 2.54. The second-order valence-electron chi connectivity index (χ2n) is 4.73. The van der Waals surface area contributed by atoms with Crippen molar-refractivity contribution < 1.29 is 17.9 Å². The molecule has 118 valence electrons. The second-order valence-corrected chi connectivity index (χ2v) is 4.73. The van der Waals surface area contributed by atoms with E-state index in [1.165, 1.54) is 25.4 Å². The minimum absolute atomic E-state index is 0.104. The minimum atomic E-state index is -4.51. The first-order chi connectivity index (χ1) is 11.0. The molecule has 0 aliphatic rings. The summed E-state index contributed by atoms with van der Waals surface area (Å²) in [6, 6.07) is 5.30. The molecule has 0 atom stereocenters. The van der Waals surface area contributed by atoms with E-state index in [4.69, 9.17) is 4.74 Å². The van der Waals surface area contributed by atoms with Gasteiger partial charge in [0.1, 0.15) is 12.3 Å². The van der Waals surface area contributed by atoms with Gasteiger partial charge >= 0.3 is 6.18 Å². The fraction of sp³-hybridized carbons (Fsp3) is 0.200. The second kappa shape index (κ2) is 5.88. The highest BCUT2D eigenvalue weighted by molar-refractivity contribution is 5.77. The molecule has 3 rings (SSSR count). The van der Waals surface area contributed by atoms with Gasteiger partial charge in [-0.3, -0.25) is 4.98 Å². The molecule has 3 aromatic heterocycles. The predicted molar refractivity (Wildman–Crippen MR) is 76.3 cm³/mol. The van der Waals surface area contributed by atoms with Crippen LogP contribution in [0, 0.1) is 0 Å². The number of pyridine rings is 2. The van der Waals surface area contributed by atoms with Crippen LogP contribution in [0.1, 0.15) is 11.4 Å². The van der Waals surface area contributed by atoms with E-state index in [-0.39, 0.29) is 18.0 Å². The monoisotopic (exact) mass is 320 g/mol. The van der Waals surface area contributed by atoms with E-state index in [9.17, 15) is 13.2 Å². The molecule has 3 aromatic rings. The van der Waals surface area contributed by atoms with Gasteiger partial charge in [0, 0.05) is 24.9 Å². The summed E-state index contributed by atoms with van der Waals surface area (Å²) >= 11 is 0. The van der Waals surface area contributed by atoms with E-state index in [0.29, 0.717) is 16.9 Å². The van der Waals surface area contributed by atoms with Crippen molar-refractivity contribution in [1.82, 2.24) is 19.9 Å². The first-order valence-electron chi connectivity index (χ1n) is 6.63. The van der Waals surface area contributed by atoms with Crippen molar-refractivity contribution >= 4 is 11.0 Å². The third-order valence-electron chi connectivity index (χ3n) is 3.12. The van der Waals surface area contributed by atoms with Crippen LogP contribution < -0.4 is 0 Å². The number of methoxy groups -OCH3 is 1. The van der Waals surface area contributed by atoms with Crippen LogP contribution in [0.15, 0.2) is 36.7 Å².